The van der Waals surface area contributed by atoms with Gasteiger partial charge in [0.05, 0.1) is 34.1 Å². The molecular weight excluding hydrogens is 560 g/mol. The van der Waals surface area contributed by atoms with E-state index in [1.807, 2.05) is 12.1 Å². The lowest BCUT2D eigenvalue weighted by molar-refractivity contribution is -0.123. The summed E-state index contributed by atoms with van der Waals surface area (Å²) < 4.78 is 31.7. The Balaban J connectivity index is 1.42. The lowest BCUT2D eigenvalue weighted by Gasteiger charge is -2.23. The van der Waals surface area contributed by atoms with E-state index in [4.69, 9.17) is 4.74 Å². The van der Waals surface area contributed by atoms with E-state index < -0.39 is 21.8 Å². The van der Waals surface area contributed by atoms with Crippen molar-refractivity contribution in [2.45, 2.75) is 69.2 Å². The molecule has 1 fully saturated rings. The summed E-state index contributed by atoms with van der Waals surface area (Å²) in [6.07, 6.45) is 5.06. The number of carbonyl (C=O) groups is 1. The van der Waals surface area contributed by atoms with Gasteiger partial charge in [0.15, 0.2) is 15.0 Å². The highest BCUT2D eigenvalue weighted by atomic mass is 32.2. The average Bonchev–Trinajstić information content (AvgIpc) is 3.40. The van der Waals surface area contributed by atoms with Crippen molar-refractivity contribution >= 4 is 42.4 Å². The molecule has 1 aromatic heterocycles. The maximum atomic E-state index is 13.6. The monoisotopic (exact) mass is 594 g/mol. The number of aliphatic hydroxyl groups is 2. The van der Waals surface area contributed by atoms with Crippen molar-refractivity contribution in [3.8, 4) is 5.75 Å². The predicted octanol–water partition coefficient (Wildman–Crippen LogP) is 5.88. The molecule has 0 bridgehead atoms. The van der Waals surface area contributed by atoms with Crippen LogP contribution in [0.2, 0.25) is 0 Å². The van der Waals surface area contributed by atoms with Gasteiger partial charge in [-0.25, -0.2) is 13.4 Å². The summed E-state index contributed by atoms with van der Waals surface area (Å²) in [6.45, 7) is 1.14. The standard InChI is InChI=1S/C31H34N2O6S2/c1-2-41(37,38)26-14-10-22(11-15-26)29(39-25-12-8-21(9-13-25)20-6-4-3-5-7-20)30(36)33-31-32-27-16-23(18-34)24(19-35)17-28(27)40-31/h8-17,20,29,34-35H,2-7,18-19H2,1H3,(H,32,33,36). The number of nitrogens with one attached hydrogen (secondary N) is 1. The van der Waals surface area contributed by atoms with E-state index in [-0.39, 0.29) is 23.9 Å². The Labute approximate surface area is 243 Å². The first-order valence-electron chi connectivity index (χ1n) is 13.9. The van der Waals surface area contributed by atoms with Gasteiger partial charge in [-0.15, -0.1) is 0 Å². The molecule has 3 N–H and O–H groups in total. The molecule has 1 atom stereocenters. The van der Waals surface area contributed by atoms with Crippen molar-refractivity contribution in [1.82, 2.24) is 4.98 Å². The molecule has 1 aliphatic carbocycles. The molecule has 1 unspecified atom stereocenters. The minimum Gasteiger partial charge on any atom is -0.476 e. The number of sulfone groups is 1. The molecular formula is C31H34N2O6S2. The van der Waals surface area contributed by atoms with Gasteiger partial charge in [0.1, 0.15) is 5.75 Å². The zero-order chi connectivity index (χ0) is 29.0. The Kier molecular flexibility index (Phi) is 9.03. The van der Waals surface area contributed by atoms with Crippen LogP contribution in [0, 0.1) is 0 Å². The Bertz CT molecular complexity index is 1570. The number of amides is 1. The largest absolute Gasteiger partial charge is 0.476 e. The summed E-state index contributed by atoms with van der Waals surface area (Å²) in [5, 5.41) is 22.4. The lowest BCUT2D eigenvalue weighted by Crippen LogP contribution is -2.25. The molecule has 5 rings (SSSR count). The van der Waals surface area contributed by atoms with E-state index in [1.54, 1.807) is 31.2 Å². The fraction of sp³-hybridized carbons (Fsp3) is 0.355. The normalized spacial score (nSPS) is 15.1. The lowest BCUT2D eigenvalue weighted by atomic mass is 9.84. The van der Waals surface area contributed by atoms with Crippen molar-refractivity contribution in [3.63, 3.8) is 0 Å². The van der Waals surface area contributed by atoms with Crippen LogP contribution < -0.4 is 10.1 Å². The molecule has 216 valence electrons. The number of anilines is 1. The number of carbonyl (C=O) groups excluding carboxylic acids is 1. The van der Waals surface area contributed by atoms with Gasteiger partial charge in [-0.3, -0.25) is 10.1 Å². The average molecular weight is 595 g/mol. The minimum atomic E-state index is -3.40. The van der Waals surface area contributed by atoms with Crippen LogP contribution in [0.15, 0.2) is 65.6 Å². The number of thiazole rings is 1. The highest BCUT2D eigenvalue weighted by molar-refractivity contribution is 7.91. The first kappa shape index (κ1) is 29.2. The van der Waals surface area contributed by atoms with Gasteiger partial charge in [-0.1, -0.05) is 61.8 Å². The van der Waals surface area contributed by atoms with Gasteiger partial charge in [-0.05, 0) is 71.8 Å². The molecule has 1 aliphatic rings. The Morgan fingerprint density at radius 1 is 1.00 bits per heavy atom. The van der Waals surface area contributed by atoms with Crippen molar-refractivity contribution in [3.05, 3.63) is 82.9 Å². The van der Waals surface area contributed by atoms with Gasteiger partial charge in [0, 0.05) is 5.56 Å². The first-order valence-corrected chi connectivity index (χ1v) is 16.3. The van der Waals surface area contributed by atoms with Crippen LogP contribution in [0.3, 0.4) is 0 Å². The van der Waals surface area contributed by atoms with E-state index in [9.17, 15) is 23.4 Å². The summed E-state index contributed by atoms with van der Waals surface area (Å²) in [5.41, 5.74) is 3.53. The van der Waals surface area contributed by atoms with E-state index in [1.165, 1.54) is 61.1 Å². The number of ether oxygens (including phenoxy) is 1. The second kappa shape index (κ2) is 12.7. The van der Waals surface area contributed by atoms with Gasteiger partial charge < -0.3 is 14.9 Å². The van der Waals surface area contributed by atoms with Crippen molar-refractivity contribution in [2.24, 2.45) is 0 Å². The van der Waals surface area contributed by atoms with Crippen LogP contribution in [-0.4, -0.2) is 35.3 Å². The third-order valence-electron chi connectivity index (χ3n) is 7.65. The number of nitrogens with zero attached hydrogens (tertiary/aromatic N) is 1. The van der Waals surface area contributed by atoms with Crippen molar-refractivity contribution < 1.29 is 28.2 Å². The maximum Gasteiger partial charge on any atom is 0.271 e. The Hall–Kier alpha value is -3.31. The summed E-state index contributed by atoms with van der Waals surface area (Å²) in [6, 6.07) is 17.5. The summed E-state index contributed by atoms with van der Waals surface area (Å²) in [7, 11) is -3.40. The fourth-order valence-corrected chi connectivity index (χ4v) is 7.06. The molecule has 3 aromatic carbocycles. The number of aliphatic hydroxyl groups excluding tert-OH is 2. The molecule has 1 heterocycles. The van der Waals surface area contributed by atoms with Crippen LogP contribution in [0.5, 0.6) is 5.75 Å². The Morgan fingerprint density at radius 3 is 2.29 bits per heavy atom. The maximum absolute atomic E-state index is 13.6. The molecule has 0 radical (unpaired) electrons. The second-order valence-electron chi connectivity index (χ2n) is 10.3. The number of benzene rings is 3. The number of fused-ring (bicyclic) bond motifs is 1. The van der Waals surface area contributed by atoms with E-state index >= 15 is 0 Å². The molecule has 1 saturated carbocycles. The van der Waals surface area contributed by atoms with Crippen LogP contribution >= 0.6 is 11.3 Å². The first-order chi connectivity index (χ1) is 19.8. The highest BCUT2D eigenvalue weighted by Gasteiger charge is 2.26. The summed E-state index contributed by atoms with van der Waals surface area (Å²) >= 11 is 1.25. The van der Waals surface area contributed by atoms with Gasteiger partial charge in [0.2, 0.25) is 6.10 Å². The predicted molar refractivity (Wildman–Crippen MR) is 160 cm³/mol. The molecule has 1 amide bonds. The third-order valence-corrected chi connectivity index (χ3v) is 10.3. The topological polar surface area (TPSA) is 126 Å². The SMILES string of the molecule is CCS(=O)(=O)c1ccc(C(Oc2ccc(C3CCCCC3)cc2)C(=O)Nc2nc3cc(CO)c(CO)cc3s2)cc1. The van der Waals surface area contributed by atoms with Gasteiger partial charge in [-0.2, -0.15) is 0 Å². The molecule has 0 saturated heterocycles. The zero-order valence-electron chi connectivity index (χ0n) is 22.9. The van der Waals surface area contributed by atoms with E-state index in [2.05, 4.69) is 22.4 Å². The molecule has 0 aliphatic heterocycles. The number of hydrogen-bond donors (Lipinski definition) is 3. The molecule has 10 heteroatoms. The zero-order valence-corrected chi connectivity index (χ0v) is 24.5. The van der Waals surface area contributed by atoms with Gasteiger partial charge >= 0.3 is 0 Å². The minimum absolute atomic E-state index is 0.0201. The molecule has 8 nitrogen and oxygen atoms in total. The molecule has 4 aromatic rings. The van der Waals surface area contributed by atoms with Gasteiger partial charge in [0.25, 0.3) is 5.91 Å². The van der Waals surface area contributed by atoms with Crippen LogP contribution in [-0.2, 0) is 27.8 Å². The summed E-state index contributed by atoms with van der Waals surface area (Å²) in [4.78, 5) is 18.3. The van der Waals surface area contributed by atoms with E-state index in [0.717, 1.165) is 4.70 Å². The highest BCUT2D eigenvalue weighted by Crippen LogP contribution is 2.35. The smallest absolute Gasteiger partial charge is 0.271 e. The molecule has 41 heavy (non-hydrogen) atoms. The fourth-order valence-electron chi connectivity index (χ4n) is 5.26. The van der Waals surface area contributed by atoms with Crippen LogP contribution in [0.4, 0.5) is 5.13 Å². The third kappa shape index (κ3) is 6.62. The van der Waals surface area contributed by atoms with Crippen molar-refractivity contribution in [2.75, 3.05) is 11.1 Å². The van der Waals surface area contributed by atoms with Crippen LogP contribution in [0.25, 0.3) is 10.2 Å². The number of hydrogen-bond acceptors (Lipinski definition) is 8. The van der Waals surface area contributed by atoms with E-state index in [0.29, 0.717) is 39.0 Å². The Morgan fingerprint density at radius 2 is 1.66 bits per heavy atom. The number of aromatic nitrogens is 1. The van der Waals surface area contributed by atoms with Crippen molar-refractivity contribution in [1.29, 1.82) is 0 Å². The second-order valence-corrected chi connectivity index (χ2v) is 13.6. The molecule has 0 spiro atoms. The quantitative estimate of drug-likeness (QED) is 0.209. The summed E-state index contributed by atoms with van der Waals surface area (Å²) in [5.74, 6) is 0.589. The van der Waals surface area contributed by atoms with Crippen LogP contribution in [0.1, 0.15) is 73.3 Å². The number of rotatable bonds is 10.